The topological polar surface area (TPSA) is 49.4 Å². The lowest BCUT2D eigenvalue weighted by atomic mass is 10.1. The quantitative estimate of drug-likeness (QED) is 0.867. The summed E-state index contributed by atoms with van der Waals surface area (Å²) in [5.41, 5.74) is -0.419. The van der Waals surface area contributed by atoms with Crippen molar-refractivity contribution in [2.45, 2.75) is 19.3 Å². The average molecular weight is 312 g/mol. The average Bonchev–Trinajstić information content (AvgIpc) is 3.22. The van der Waals surface area contributed by atoms with E-state index in [4.69, 9.17) is 0 Å². The van der Waals surface area contributed by atoms with Gasteiger partial charge in [-0.05, 0) is 30.9 Å². The molecule has 2 amide bonds. The third kappa shape index (κ3) is 2.93. The Hall–Kier alpha value is -2.05. The van der Waals surface area contributed by atoms with Gasteiger partial charge in [0.15, 0.2) is 17.5 Å². The van der Waals surface area contributed by atoms with Crippen molar-refractivity contribution < 1.29 is 22.8 Å². The van der Waals surface area contributed by atoms with Gasteiger partial charge < -0.3 is 10.2 Å². The maximum Gasteiger partial charge on any atom is 0.229 e. The summed E-state index contributed by atoms with van der Waals surface area (Å²) in [5.74, 6) is -5.12. The van der Waals surface area contributed by atoms with Gasteiger partial charge >= 0.3 is 0 Å². The molecule has 1 N–H and O–H groups in total. The minimum absolute atomic E-state index is 0.0594. The lowest BCUT2D eigenvalue weighted by molar-refractivity contribution is -0.128. The molecule has 1 saturated carbocycles. The number of rotatable bonds is 4. The number of hydrogen-bond donors (Lipinski definition) is 1. The third-order valence-electron chi connectivity index (χ3n) is 4.05. The Bertz CT molecular complexity index is 631. The predicted molar refractivity (Wildman–Crippen MR) is 72.4 cm³/mol. The van der Waals surface area contributed by atoms with Crippen LogP contribution in [0.4, 0.5) is 18.9 Å². The van der Waals surface area contributed by atoms with Crippen molar-refractivity contribution >= 4 is 17.5 Å². The van der Waals surface area contributed by atoms with Gasteiger partial charge in [0.05, 0.1) is 11.6 Å². The summed E-state index contributed by atoms with van der Waals surface area (Å²) in [6.45, 7) is 0.939. The molecule has 1 saturated heterocycles. The molecule has 0 spiro atoms. The normalized spacial score (nSPS) is 21.3. The second-order valence-corrected chi connectivity index (χ2v) is 5.86. The first-order chi connectivity index (χ1) is 10.5. The lowest BCUT2D eigenvalue weighted by Crippen LogP contribution is -2.30. The molecule has 22 heavy (non-hydrogen) atoms. The number of nitrogens with one attached hydrogen (secondary N) is 1. The zero-order valence-electron chi connectivity index (χ0n) is 11.7. The number of nitrogens with zero attached hydrogens (tertiary/aromatic N) is 1. The van der Waals surface area contributed by atoms with Gasteiger partial charge in [0, 0.05) is 19.5 Å². The van der Waals surface area contributed by atoms with Crippen LogP contribution in [0.25, 0.3) is 0 Å². The van der Waals surface area contributed by atoms with Crippen LogP contribution >= 0.6 is 0 Å². The highest BCUT2D eigenvalue weighted by atomic mass is 19.2. The molecule has 1 aliphatic carbocycles. The van der Waals surface area contributed by atoms with Crippen LogP contribution in [-0.2, 0) is 9.59 Å². The van der Waals surface area contributed by atoms with Gasteiger partial charge in [0.1, 0.15) is 0 Å². The molecular weight excluding hydrogens is 297 g/mol. The molecule has 1 unspecified atom stereocenters. The Balaban J connectivity index is 1.65. The molecule has 1 aromatic carbocycles. The molecule has 0 radical (unpaired) electrons. The molecule has 0 aromatic heterocycles. The molecule has 1 heterocycles. The molecule has 3 rings (SSSR count). The van der Waals surface area contributed by atoms with E-state index in [-0.39, 0.29) is 18.9 Å². The van der Waals surface area contributed by atoms with Crippen molar-refractivity contribution in [3.05, 3.63) is 29.6 Å². The number of benzene rings is 1. The highest BCUT2D eigenvalue weighted by molar-refractivity contribution is 5.97. The largest absolute Gasteiger partial charge is 0.342 e. The van der Waals surface area contributed by atoms with E-state index in [0.29, 0.717) is 12.5 Å². The summed E-state index contributed by atoms with van der Waals surface area (Å²) in [4.78, 5) is 25.6. The van der Waals surface area contributed by atoms with Crippen molar-refractivity contribution in [3.63, 3.8) is 0 Å². The van der Waals surface area contributed by atoms with Crippen LogP contribution in [0.5, 0.6) is 0 Å². The summed E-state index contributed by atoms with van der Waals surface area (Å²) in [6, 6.07) is 1.71. The summed E-state index contributed by atoms with van der Waals surface area (Å²) >= 11 is 0. The van der Waals surface area contributed by atoms with Crippen LogP contribution in [0.3, 0.4) is 0 Å². The van der Waals surface area contributed by atoms with Crippen LogP contribution in [0.15, 0.2) is 12.1 Å². The number of carbonyl (C=O) groups is 2. The lowest BCUT2D eigenvalue weighted by Gasteiger charge is -2.16. The Labute approximate surface area is 125 Å². The number of likely N-dealkylation sites (tertiary alicyclic amines) is 1. The minimum atomic E-state index is -1.63. The molecule has 7 heteroatoms. The standard InChI is InChI=1S/C15H15F3N2O2/c16-10-3-4-11(14(18)13(10)17)19-15(22)9-5-12(21)20(7-9)6-8-1-2-8/h3-4,8-9H,1-2,5-7H2,(H,19,22). The van der Waals surface area contributed by atoms with Gasteiger partial charge in [-0.25, -0.2) is 13.2 Å². The Morgan fingerprint density at radius 1 is 1.23 bits per heavy atom. The smallest absolute Gasteiger partial charge is 0.229 e. The zero-order chi connectivity index (χ0) is 15.9. The third-order valence-corrected chi connectivity index (χ3v) is 4.05. The molecule has 1 aliphatic heterocycles. The molecule has 2 fully saturated rings. The van der Waals surface area contributed by atoms with E-state index >= 15 is 0 Å². The summed E-state index contributed by atoms with van der Waals surface area (Å²) in [7, 11) is 0. The molecule has 1 aromatic rings. The van der Waals surface area contributed by atoms with Crippen LogP contribution in [0.1, 0.15) is 19.3 Å². The van der Waals surface area contributed by atoms with Crippen molar-refractivity contribution in [2.75, 3.05) is 18.4 Å². The van der Waals surface area contributed by atoms with E-state index in [1.807, 2.05) is 0 Å². The fraction of sp³-hybridized carbons (Fsp3) is 0.467. The van der Waals surface area contributed by atoms with E-state index in [0.717, 1.165) is 25.0 Å². The molecular formula is C15H15F3N2O2. The Kier molecular flexibility index (Phi) is 3.80. The minimum Gasteiger partial charge on any atom is -0.342 e. The number of amides is 2. The van der Waals surface area contributed by atoms with E-state index < -0.39 is 35.0 Å². The van der Waals surface area contributed by atoms with Gasteiger partial charge in [-0.15, -0.1) is 0 Å². The number of halogens is 3. The first kappa shape index (κ1) is 14.9. The van der Waals surface area contributed by atoms with Crippen molar-refractivity contribution in [3.8, 4) is 0 Å². The van der Waals surface area contributed by atoms with Crippen molar-refractivity contribution in [2.24, 2.45) is 11.8 Å². The molecule has 118 valence electrons. The van der Waals surface area contributed by atoms with Crippen LogP contribution in [0, 0.1) is 29.3 Å². The second-order valence-electron chi connectivity index (χ2n) is 5.86. The Morgan fingerprint density at radius 2 is 1.95 bits per heavy atom. The molecule has 1 atom stereocenters. The summed E-state index contributed by atoms with van der Waals surface area (Å²) in [6.07, 6.45) is 2.26. The van der Waals surface area contributed by atoms with E-state index in [1.165, 1.54) is 0 Å². The number of anilines is 1. The predicted octanol–water partition coefficient (Wildman–Crippen LogP) is 2.30. The number of carbonyl (C=O) groups excluding carboxylic acids is 2. The van der Waals surface area contributed by atoms with Crippen LogP contribution in [-0.4, -0.2) is 29.8 Å². The van der Waals surface area contributed by atoms with E-state index in [1.54, 1.807) is 4.90 Å². The molecule has 4 nitrogen and oxygen atoms in total. The highest BCUT2D eigenvalue weighted by Gasteiger charge is 2.37. The van der Waals surface area contributed by atoms with Gasteiger partial charge in [0.25, 0.3) is 0 Å². The number of hydrogen-bond acceptors (Lipinski definition) is 2. The first-order valence-electron chi connectivity index (χ1n) is 7.18. The second kappa shape index (κ2) is 5.62. The first-order valence-corrected chi connectivity index (χ1v) is 7.18. The monoisotopic (exact) mass is 312 g/mol. The molecule has 0 bridgehead atoms. The SMILES string of the molecule is O=C(Nc1ccc(F)c(F)c1F)C1CC(=O)N(CC2CC2)C1. The molecule has 2 aliphatic rings. The van der Waals surface area contributed by atoms with E-state index in [2.05, 4.69) is 5.32 Å². The fourth-order valence-corrected chi connectivity index (χ4v) is 2.59. The fourth-order valence-electron chi connectivity index (χ4n) is 2.59. The van der Waals surface area contributed by atoms with Gasteiger partial charge in [0.2, 0.25) is 11.8 Å². The van der Waals surface area contributed by atoms with E-state index in [9.17, 15) is 22.8 Å². The van der Waals surface area contributed by atoms with Crippen LogP contribution in [0.2, 0.25) is 0 Å². The van der Waals surface area contributed by atoms with Gasteiger partial charge in [-0.3, -0.25) is 9.59 Å². The maximum atomic E-state index is 13.5. The summed E-state index contributed by atoms with van der Waals surface area (Å²) < 4.78 is 39.5. The zero-order valence-corrected chi connectivity index (χ0v) is 11.7. The van der Waals surface area contributed by atoms with Crippen molar-refractivity contribution in [1.29, 1.82) is 0 Å². The van der Waals surface area contributed by atoms with Gasteiger partial charge in [-0.2, -0.15) is 0 Å². The Morgan fingerprint density at radius 3 is 2.64 bits per heavy atom. The van der Waals surface area contributed by atoms with Gasteiger partial charge in [-0.1, -0.05) is 0 Å². The highest BCUT2D eigenvalue weighted by Crippen LogP contribution is 2.32. The van der Waals surface area contributed by atoms with Crippen molar-refractivity contribution in [1.82, 2.24) is 4.90 Å². The van der Waals surface area contributed by atoms with Crippen LogP contribution < -0.4 is 5.32 Å². The maximum absolute atomic E-state index is 13.5. The summed E-state index contributed by atoms with van der Waals surface area (Å²) in [5, 5.41) is 2.23.